The van der Waals surface area contributed by atoms with Gasteiger partial charge in [-0.2, -0.15) is 0 Å². The van der Waals surface area contributed by atoms with E-state index in [4.69, 9.17) is 0 Å². The molecule has 1 aromatic carbocycles. The normalized spacial score (nSPS) is 32.2. The van der Waals surface area contributed by atoms with Crippen molar-refractivity contribution in [1.29, 1.82) is 0 Å². The Morgan fingerprint density at radius 1 is 1.11 bits per heavy atom. The standard InChI is InChI=1S/C16H24N2/c1-12-6-3-4-9-16(12)17-13-10-14-7-5-8-15(11-13)18(14)2/h3-4,6,9,13-15,17H,5,7-8,10-11H2,1-2H3. The Bertz CT molecular complexity index is 401. The van der Waals surface area contributed by atoms with Gasteiger partial charge in [0.15, 0.2) is 0 Å². The molecule has 2 heterocycles. The lowest BCUT2D eigenvalue weighted by atomic mass is 9.82. The summed E-state index contributed by atoms with van der Waals surface area (Å²) in [6, 6.07) is 10.9. The minimum atomic E-state index is 0.664. The molecule has 2 aliphatic rings. The summed E-state index contributed by atoms with van der Waals surface area (Å²) in [5.41, 5.74) is 2.69. The molecule has 0 aromatic heterocycles. The van der Waals surface area contributed by atoms with Gasteiger partial charge in [-0.05, 0) is 51.3 Å². The molecule has 3 rings (SSSR count). The Kier molecular flexibility index (Phi) is 3.29. The summed E-state index contributed by atoms with van der Waals surface area (Å²) in [6.45, 7) is 2.19. The highest BCUT2D eigenvalue weighted by Gasteiger charge is 2.35. The van der Waals surface area contributed by atoms with Crippen LogP contribution < -0.4 is 5.32 Å². The van der Waals surface area contributed by atoms with Gasteiger partial charge in [0.05, 0.1) is 0 Å². The minimum Gasteiger partial charge on any atom is -0.382 e. The quantitative estimate of drug-likeness (QED) is 0.857. The van der Waals surface area contributed by atoms with E-state index >= 15 is 0 Å². The Morgan fingerprint density at radius 2 is 1.78 bits per heavy atom. The van der Waals surface area contributed by atoms with Crippen LogP contribution in [0.3, 0.4) is 0 Å². The Hall–Kier alpha value is -1.02. The van der Waals surface area contributed by atoms with Gasteiger partial charge in [0.1, 0.15) is 0 Å². The molecule has 2 nitrogen and oxygen atoms in total. The second-order valence-electron chi connectivity index (χ2n) is 6.03. The maximum Gasteiger partial charge on any atom is 0.0372 e. The number of piperidine rings is 2. The number of nitrogens with one attached hydrogen (secondary N) is 1. The van der Waals surface area contributed by atoms with Gasteiger partial charge < -0.3 is 10.2 Å². The average Bonchev–Trinajstić information content (AvgIpc) is 2.33. The smallest absolute Gasteiger partial charge is 0.0372 e. The van der Waals surface area contributed by atoms with Crippen molar-refractivity contribution >= 4 is 5.69 Å². The zero-order valence-electron chi connectivity index (χ0n) is 11.5. The van der Waals surface area contributed by atoms with Crippen LogP contribution in [0.2, 0.25) is 0 Å². The molecule has 0 aliphatic carbocycles. The number of nitrogens with zero attached hydrogens (tertiary/aromatic N) is 1. The topological polar surface area (TPSA) is 15.3 Å². The molecular weight excluding hydrogens is 220 g/mol. The van der Waals surface area contributed by atoms with E-state index in [1.54, 1.807) is 0 Å². The number of para-hydroxylation sites is 1. The van der Waals surface area contributed by atoms with Crippen LogP contribution in [-0.4, -0.2) is 30.1 Å². The molecule has 2 unspecified atom stereocenters. The van der Waals surface area contributed by atoms with Crippen molar-refractivity contribution in [2.45, 2.75) is 57.2 Å². The van der Waals surface area contributed by atoms with Gasteiger partial charge in [-0.3, -0.25) is 0 Å². The summed E-state index contributed by atoms with van der Waals surface area (Å²) in [5.74, 6) is 0. The molecule has 1 aromatic rings. The molecule has 2 fully saturated rings. The van der Waals surface area contributed by atoms with E-state index in [1.165, 1.54) is 43.4 Å². The fourth-order valence-corrected chi connectivity index (χ4v) is 3.69. The predicted octanol–water partition coefficient (Wildman–Crippen LogP) is 3.42. The van der Waals surface area contributed by atoms with Crippen LogP contribution in [0.15, 0.2) is 24.3 Å². The molecule has 0 amide bonds. The third-order valence-corrected chi connectivity index (χ3v) is 4.84. The summed E-state index contributed by atoms with van der Waals surface area (Å²) in [6.07, 6.45) is 6.82. The van der Waals surface area contributed by atoms with Crippen LogP contribution in [0.25, 0.3) is 0 Å². The summed E-state index contributed by atoms with van der Waals surface area (Å²) in [7, 11) is 2.32. The number of aryl methyl sites for hydroxylation is 1. The van der Waals surface area contributed by atoms with Gasteiger partial charge in [0.25, 0.3) is 0 Å². The summed E-state index contributed by atoms with van der Waals surface area (Å²) < 4.78 is 0. The van der Waals surface area contributed by atoms with E-state index in [2.05, 4.69) is 48.5 Å². The van der Waals surface area contributed by atoms with Gasteiger partial charge in [-0.25, -0.2) is 0 Å². The molecule has 2 saturated heterocycles. The highest BCUT2D eigenvalue weighted by Crippen LogP contribution is 2.34. The van der Waals surface area contributed by atoms with E-state index < -0.39 is 0 Å². The van der Waals surface area contributed by atoms with Crippen LogP contribution in [-0.2, 0) is 0 Å². The number of benzene rings is 1. The van der Waals surface area contributed by atoms with Crippen molar-refractivity contribution in [3.63, 3.8) is 0 Å². The molecule has 2 heteroatoms. The molecule has 0 radical (unpaired) electrons. The zero-order valence-corrected chi connectivity index (χ0v) is 11.5. The first-order valence-electron chi connectivity index (χ1n) is 7.28. The Labute approximate surface area is 110 Å². The minimum absolute atomic E-state index is 0.664. The highest BCUT2D eigenvalue weighted by molar-refractivity contribution is 5.51. The first-order valence-corrected chi connectivity index (χ1v) is 7.28. The second-order valence-corrected chi connectivity index (χ2v) is 6.03. The van der Waals surface area contributed by atoms with Gasteiger partial charge in [0.2, 0.25) is 0 Å². The second kappa shape index (κ2) is 4.93. The van der Waals surface area contributed by atoms with Crippen LogP contribution in [0.5, 0.6) is 0 Å². The van der Waals surface area contributed by atoms with Crippen molar-refractivity contribution in [2.75, 3.05) is 12.4 Å². The van der Waals surface area contributed by atoms with Gasteiger partial charge >= 0.3 is 0 Å². The van der Waals surface area contributed by atoms with E-state index in [0.29, 0.717) is 6.04 Å². The average molecular weight is 244 g/mol. The number of hydrogen-bond acceptors (Lipinski definition) is 2. The molecule has 2 aliphatic heterocycles. The molecular formula is C16H24N2. The first-order chi connectivity index (χ1) is 8.74. The highest BCUT2D eigenvalue weighted by atomic mass is 15.2. The number of hydrogen-bond donors (Lipinski definition) is 1. The van der Waals surface area contributed by atoms with Gasteiger partial charge in [-0.1, -0.05) is 24.6 Å². The largest absolute Gasteiger partial charge is 0.382 e. The van der Waals surface area contributed by atoms with Gasteiger partial charge in [-0.15, -0.1) is 0 Å². The van der Waals surface area contributed by atoms with Crippen LogP contribution >= 0.6 is 0 Å². The van der Waals surface area contributed by atoms with Crippen molar-refractivity contribution in [3.8, 4) is 0 Å². The molecule has 18 heavy (non-hydrogen) atoms. The molecule has 2 atom stereocenters. The third-order valence-electron chi connectivity index (χ3n) is 4.84. The fourth-order valence-electron chi connectivity index (χ4n) is 3.69. The van der Waals surface area contributed by atoms with E-state index in [9.17, 15) is 0 Å². The fraction of sp³-hybridized carbons (Fsp3) is 0.625. The molecule has 1 N–H and O–H groups in total. The third kappa shape index (κ3) is 2.26. The summed E-state index contributed by atoms with van der Waals surface area (Å²) in [4.78, 5) is 2.62. The first kappa shape index (κ1) is 12.0. The maximum absolute atomic E-state index is 3.77. The monoisotopic (exact) mass is 244 g/mol. The predicted molar refractivity (Wildman–Crippen MR) is 77.0 cm³/mol. The number of rotatable bonds is 2. The van der Waals surface area contributed by atoms with Crippen LogP contribution in [0.4, 0.5) is 5.69 Å². The number of fused-ring (bicyclic) bond motifs is 2. The molecule has 98 valence electrons. The van der Waals surface area contributed by atoms with Crippen molar-refractivity contribution in [1.82, 2.24) is 4.90 Å². The summed E-state index contributed by atoms with van der Waals surface area (Å²) >= 11 is 0. The van der Waals surface area contributed by atoms with Crippen molar-refractivity contribution in [3.05, 3.63) is 29.8 Å². The van der Waals surface area contributed by atoms with Crippen molar-refractivity contribution < 1.29 is 0 Å². The Balaban J connectivity index is 1.70. The molecule has 0 saturated carbocycles. The van der Waals surface area contributed by atoms with Crippen molar-refractivity contribution in [2.24, 2.45) is 0 Å². The lowest BCUT2D eigenvalue weighted by Crippen LogP contribution is -2.52. The zero-order chi connectivity index (χ0) is 12.5. The molecule has 0 spiro atoms. The van der Waals surface area contributed by atoms with E-state index in [0.717, 1.165) is 12.1 Å². The molecule has 2 bridgehead atoms. The maximum atomic E-state index is 3.77. The van der Waals surface area contributed by atoms with E-state index in [-0.39, 0.29) is 0 Å². The summed E-state index contributed by atoms with van der Waals surface area (Å²) in [5, 5.41) is 3.77. The lowest BCUT2D eigenvalue weighted by molar-refractivity contribution is 0.0608. The van der Waals surface area contributed by atoms with E-state index in [1.807, 2.05) is 0 Å². The SMILES string of the molecule is Cc1ccccc1NC1CC2CCCC(C1)N2C. The Morgan fingerprint density at radius 3 is 2.44 bits per heavy atom. The van der Waals surface area contributed by atoms with Crippen LogP contribution in [0.1, 0.15) is 37.7 Å². The van der Waals surface area contributed by atoms with Gasteiger partial charge in [0, 0.05) is 23.8 Å². The van der Waals surface area contributed by atoms with Crippen LogP contribution in [0, 0.1) is 6.92 Å². The number of anilines is 1. The lowest BCUT2D eigenvalue weighted by Gasteiger charge is -2.47.